The fraction of sp³-hybridized carbons (Fsp3) is 1.00. The molecule has 0 saturated heterocycles. The molecule has 5 unspecified atom stereocenters. The topological polar surface area (TPSA) is 9.23 Å². The van der Waals surface area contributed by atoms with Crippen molar-refractivity contribution in [2.45, 2.75) is 45.1 Å². The Balaban J connectivity index is 1.76. The van der Waals surface area contributed by atoms with Crippen molar-refractivity contribution in [3.05, 3.63) is 0 Å². The summed E-state index contributed by atoms with van der Waals surface area (Å²) < 4.78 is 5.87. The monoisotopic (exact) mass is 180 g/mol. The van der Waals surface area contributed by atoms with Crippen LogP contribution < -0.4 is 0 Å². The lowest BCUT2D eigenvalue weighted by Gasteiger charge is -2.28. The Kier molecular flexibility index (Phi) is 1.90. The fourth-order valence-corrected chi connectivity index (χ4v) is 4.42. The number of fused-ring (bicyclic) bond motifs is 5. The minimum Gasteiger partial charge on any atom is -0.378 e. The number of rotatable bonds is 2. The molecule has 0 aliphatic heterocycles. The zero-order chi connectivity index (χ0) is 8.84. The SMILES string of the molecule is CCOC1CCC2C3CCC(C3)C12. The lowest BCUT2D eigenvalue weighted by atomic mass is 9.81. The van der Waals surface area contributed by atoms with Gasteiger partial charge >= 0.3 is 0 Å². The van der Waals surface area contributed by atoms with E-state index in [-0.39, 0.29) is 0 Å². The van der Waals surface area contributed by atoms with Gasteiger partial charge in [0.1, 0.15) is 0 Å². The molecule has 3 aliphatic carbocycles. The molecule has 0 aromatic heterocycles. The Bertz CT molecular complexity index is 201. The maximum absolute atomic E-state index is 5.87. The van der Waals surface area contributed by atoms with Gasteiger partial charge in [0.05, 0.1) is 6.10 Å². The second-order valence-corrected chi connectivity index (χ2v) is 5.15. The van der Waals surface area contributed by atoms with Crippen LogP contribution in [0, 0.1) is 23.7 Å². The van der Waals surface area contributed by atoms with Crippen molar-refractivity contribution in [1.29, 1.82) is 0 Å². The highest BCUT2D eigenvalue weighted by molar-refractivity contribution is 5.03. The maximum atomic E-state index is 5.87. The van der Waals surface area contributed by atoms with E-state index in [1.54, 1.807) is 6.42 Å². The summed E-state index contributed by atoms with van der Waals surface area (Å²) in [6.45, 7) is 3.06. The third-order valence-corrected chi connectivity index (χ3v) is 4.75. The minimum absolute atomic E-state index is 0.644. The lowest BCUT2D eigenvalue weighted by Crippen LogP contribution is -2.27. The van der Waals surface area contributed by atoms with E-state index in [0.29, 0.717) is 6.10 Å². The summed E-state index contributed by atoms with van der Waals surface area (Å²) in [6.07, 6.45) is 8.05. The second-order valence-electron chi connectivity index (χ2n) is 5.15. The van der Waals surface area contributed by atoms with Gasteiger partial charge in [0.15, 0.2) is 0 Å². The first-order valence-electron chi connectivity index (χ1n) is 6.01. The summed E-state index contributed by atoms with van der Waals surface area (Å²) in [4.78, 5) is 0. The molecule has 1 heteroatoms. The molecule has 3 saturated carbocycles. The molecule has 0 radical (unpaired) electrons. The average Bonchev–Trinajstić information content (AvgIpc) is 2.74. The molecule has 3 fully saturated rings. The second kappa shape index (κ2) is 2.98. The molecular formula is C12H20O. The molecule has 0 heterocycles. The first kappa shape index (κ1) is 8.28. The molecule has 3 aliphatic rings. The van der Waals surface area contributed by atoms with Crippen molar-refractivity contribution in [3.63, 3.8) is 0 Å². The standard InChI is InChI=1S/C12H20O/c1-2-13-11-6-5-10-8-3-4-9(7-8)12(10)11/h8-12H,2-7H2,1H3. The predicted octanol–water partition coefficient (Wildman–Crippen LogP) is 2.85. The van der Waals surface area contributed by atoms with E-state index in [0.717, 1.165) is 30.3 Å². The quantitative estimate of drug-likeness (QED) is 0.635. The van der Waals surface area contributed by atoms with Crippen molar-refractivity contribution in [3.8, 4) is 0 Å². The highest BCUT2D eigenvalue weighted by Gasteiger charge is 2.53. The van der Waals surface area contributed by atoms with Gasteiger partial charge in [-0.15, -0.1) is 0 Å². The molecule has 0 N–H and O–H groups in total. The van der Waals surface area contributed by atoms with Gasteiger partial charge in [-0.1, -0.05) is 0 Å². The predicted molar refractivity (Wildman–Crippen MR) is 52.5 cm³/mol. The number of ether oxygens (including phenoxy) is 1. The van der Waals surface area contributed by atoms with Crippen LogP contribution in [0.15, 0.2) is 0 Å². The van der Waals surface area contributed by atoms with E-state index in [1.165, 1.54) is 25.7 Å². The average molecular weight is 180 g/mol. The van der Waals surface area contributed by atoms with Crippen LogP contribution in [0.3, 0.4) is 0 Å². The highest BCUT2D eigenvalue weighted by Crippen LogP contribution is 2.59. The van der Waals surface area contributed by atoms with Crippen LogP contribution >= 0.6 is 0 Å². The van der Waals surface area contributed by atoms with Gasteiger partial charge in [-0.25, -0.2) is 0 Å². The molecule has 74 valence electrons. The third-order valence-electron chi connectivity index (χ3n) is 4.75. The zero-order valence-corrected chi connectivity index (χ0v) is 8.54. The summed E-state index contributed by atoms with van der Waals surface area (Å²) >= 11 is 0. The maximum Gasteiger partial charge on any atom is 0.0608 e. The van der Waals surface area contributed by atoms with E-state index >= 15 is 0 Å². The molecule has 3 rings (SSSR count). The number of hydrogen-bond donors (Lipinski definition) is 0. The van der Waals surface area contributed by atoms with Crippen molar-refractivity contribution in [2.75, 3.05) is 6.61 Å². The highest BCUT2D eigenvalue weighted by atomic mass is 16.5. The number of hydrogen-bond acceptors (Lipinski definition) is 1. The minimum atomic E-state index is 0.644. The molecule has 0 amide bonds. The molecule has 13 heavy (non-hydrogen) atoms. The summed E-state index contributed by atoms with van der Waals surface area (Å²) in [7, 11) is 0. The van der Waals surface area contributed by atoms with E-state index in [4.69, 9.17) is 4.74 Å². The fourth-order valence-electron chi connectivity index (χ4n) is 4.42. The lowest BCUT2D eigenvalue weighted by molar-refractivity contribution is 0.0116. The Morgan fingerprint density at radius 2 is 1.92 bits per heavy atom. The van der Waals surface area contributed by atoms with Crippen molar-refractivity contribution in [1.82, 2.24) is 0 Å². The Labute approximate surface area is 80.8 Å². The Morgan fingerprint density at radius 3 is 2.77 bits per heavy atom. The van der Waals surface area contributed by atoms with Gasteiger partial charge in [0.25, 0.3) is 0 Å². The van der Waals surface area contributed by atoms with Gasteiger partial charge in [0, 0.05) is 6.61 Å². The van der Waals surface area contributed by atoms with Crippen LogP contribution in [0.1, 0.15) is 39.0 Å². The van der Waals surface area contributed by atoms with Crippen molar-refractivity contribution < 1.29 is 4.74 Å². The van der Waals surface area contributed by atoms with Crippen LogP contribution in [-0.4, -0.2) is 12.7 Å². The van der Waals surface area contributed by atoms with Crippen LogP contribution in [0.2, 0.25) is 0 Å². The summed E-state index contributed by atoms with van der Waals surface area (Å²) in [5.74, 6) is 4.18. The van der Waals surface area contributed by atoms with Crippen LogP contribution in [0.4, 0.5) is 0 Å². The van der Waals surface area contributed by atoms with Gasteiger partial charge in [-0.2, -0.15) is 0 Å². The van der Waals surface area contributed by atoms with Crippen molar-refractivity contribution in [2.24, 2.45) is 23.7 Å². The van der Waals surface area contributed by atoms with Gasteiger partial charge in [-0.3, -0.25) is 0 Å². The van der Waals surface area contributed by atoms with E-state index in [2.05, 4.69) is 6.92 Å². The van der Waals surface area contributed by atoms with Crippen LogP contribution in [0.25, 0.3) is 0 Å². The summed E-state index contributed by atoms with van der Waals surface area (Å²) in [5, 5.41) is 0. The molecule has 5 atom stereocenters. The van der Waals surface area contributed by atoms with Gasteiger partial charge in [0.2, 0.25) is 0 Å². The molecular weight excluding hydrogens is 160 g/mol. The van der Waals surface area contributed by atoms with E-state index < -0.39 is 0 Å². The largest absolute Gasteiger partial charge is 0.378 e. The molecule has 0 spiro atoms. The zero-order valence-electron chi connectivity index (χ0n) is 8.54. The van der Waals surface area contributed by atoms with Gasteiger partial charge in [-0.05, 0) is 62.7 Å². The third kappa shape index (κ3) is 1.09. The summed E-state index contributed by atoms with van der Waals surface area (Å²) in [5.41, 5.74) is 0. The first-order chi connectivity index (χ1) is 6.40. The molecule has 0 aromatic rings. The molecule has 1 nitrogen and oxygen atoms in total. The normalized spacial score (nSPS) is 52.8. The molecule has 0 aromatic carbocycles. The van der Waals surface area contributed by atoms with Crippen molar-refractivity contribution >= 4 is 0 Å². The van der Waals surface area contributed by atoms with Crippen LogP contribution in [0.5, 0.6) is 0 Å². The van der Waals surface area contributed by atoms with Crippen LogP contribution in [-0.2, 0) is 4.74 Å². The van der Waals surface area contributed by atoms with Gasteiger partial charge < -0.3 is 4.74 Å². The Morgan fingerprint density at radius 1 is 1.08 bits per heavy atom. The van der Waals surface area contributed by atoms with E-state index in [9.17, 15) is 0 Å². The summed E-state index contributed by atoms with van der Waals surface area (Å²) in [6, 6.07) is 0. The molecule has 2 bridgehead atoms. The Hall–Kier alpha value is -0.0400. The smallest absolute Gasteiger partial charge is 0.0608 e. The van der Waals surface area contributed by atoms with E-state index in [1.807, 2.05) is 0 Å². The first-order valence-corrected chi connectivity index (χ1v) is 6.01.